The quantitative estimate of drug-likeness (QED) is 0.209. The summed E-state index contributed by atoms with van der Waals surface area (Å²) >= 11 is 0. The summed E-state index contributed by atoms with van der Waals surface area (Å²) in [4.78, 5) is 0. The Bertz CT molecular complexity index is 466. The molecule has 0 aromatic rings. The minimum Gasteiger partial charge on any atom is -0.395 e. The van der Waals surface area contributed by atoms with Crippen LogP contribution in [-0.2, 0) is 10.4 Å². The molecule has 0 saturated heterocycles. The topological polar surface area (TPSA) is 183 Å². The Morgan fingerprint density at radius 3 is 2.16 bits per heavy atom. The Morgan fingerprint density at radius 1 is 1.37 bits per heavy atom. The Hall–Kier alpha value is -1.44. The lowest BCUT2D eigenvalue weighted by atomic mass is 10.4. The van der Waals surface area contributed by atoms with Gasteiger partial charge in [-0.3, -0.25) is 9.11 Å². The lowest BCUT2D eigenvalue weighted by Gasteiger charge is -2.20. The second-order valence-electron chi connectivity index (χ2n) is 3.53. The van der Waals surface area contributed by atoms with E-state index in [9.17, 15) is 0 Å². The molecule has 0 amide bonds. The first-order valence-corrected chi connectivity index (χ1v) is 6.41. The van der Waals surface area contributed by atoms with E-state index in [2.05, 4.69) is 15.8 Å². The minimum absolute atomic E-state index is 0.0212. The van der Waals surface area contributed by atoms with E-state index in [4.69, 9.17) is 34.1 Å². The largest absolute Gasteiger partial charge is 0.395 e. The molecule has 0 saturated carbocycles. The summed E-state index contributed by atoms with van der Waals surface area (Å²) in [6.45, 7) is 0.420. The standard InChI is InChI=1S/C7H17N6O.H2O4S/c1-10-13(2)7(9)5(6(8)12-13)11-3-4-14;1-5(2,3)4/h10-11,14H,3-4,9H2,1-2H3,(H2,8,12);(H2,1,2,3,4)/q+1;. The zero-order valence-corrected chi connectivity index (χ0v) is 11.3. The van der Waals surface area contributed by atoms with Crippen LogP contribution in [0.2, 0.25) is 0 Å². The molecule has 11 nitrogen and oxygen atoms in total. The Kier molecular flexibility index (Phi) is 6.14. The molecule has 0 aromatic heterocycles. The fourth-order valence-corrected chi connectivity index (χ4v) is 1.20. The van der Waals surface area contributed by atoms with Crippen LogP contribution in [0.4, 0.5) is 0 Å². The number of rotatable bonds is 4. The summed E-state index contributed by atoms with van der Waals surface area (Å²) in [5, 5.41) is 15.7. The molecule has 1 unspecified atom stereocenters. The first-order valence-electron chi connectivity index (χ1n) is 5.01. The molecule has 0 bridgehead atoms. The number of aliphatic hydroxyl groups is 1. The maximum Gasteiger partial charge on any atom is 0.394 e. The summed E-state index contributed by atoms with van der Waals surface area (Å²) in [6.07, 6.45) is 0. The van der Waals surface area contributed by atoms with E-state index in [0.717, 1.165) is 0 Å². The SMILES string of the molecule is CN[N+]1(C)N=C(N)C(NCCO)=C1N.O=S(=O)(O)O. The summed E-state index contributed by atoms with van der Waals surface area (Å²) in [7, 11) is -1.16. The Balaban J connectivity index is 0.000000555. The number of hydrogen-bond acceptors (Lipinski definition) is 8. The van der Waals surface area contributed by atoms with Crippen LogP contribution in [0.15, 0.2) is 16.6 Å². The summed E-state index contributed by atoms with van der Waals surface area (Å²) in [6, 6.07) is 0. The van der Waals surface area contributed by atoms with Crippen molar-refractivity contribution in [2.24, 2.45) is 16.6 Å². The van der Waals surface area contributed by atoms with Crippen LogP contribution in [0.5, 0.6) is 0 Å². The zero-order chi connectivity index (χ0) is 15.3. The molecule has 1 atom stereocenters. The number of nitrogens with zero attached hydrogens (tertiary/aromatic N) is 2. The molecule has 1 heterocycles. The van der Waals surface area contributed by atoms with Crippen LogP contribution in [0.1, 0.15) is 0 Å². The maximum atomic E-state index is 8.74. The molecule has 12 heteroatoms. The molecule has 1 aliphatic rings. The highest BCUT2D eigenvalue weighted by molar-refractivity contribution is 7.79. The van der Waals surface area contributed by atoms with Crippen molar-refractivity contribution in [2.45, 2.75) is 0 Å². The van der Waals surface area contributed by atoms with Crippen LogP contribution >= 0.6 is 0 Å². The predicted octanol–water partition coefficient (Wildman–Crippen LogP) is -3.09. The predicted molar refractivity (Wildman–Crippen MR) is 67.3 cm³/mol. The summed E-state index contributed by atoms with van der Waals surface area (Å²) in [5.74, 6) is 0.825. The van der Waals surface area contributed by atoms with Gasteiger partial charge in [0, 0.05) is 13.6 Å². The molecular formula is C7H19N6O5S+. The van der Waals surface area contributed by atoms with Gasteiger partial charge in [-0.1, -0.05) is 4.70 Å². The zero-order valence-electron chi connectivity index (χ0n) is 10.5. The molecule has 112 valence electrons. The van der Waals surface area contributed by atoms with Crippen LogP contribution < -0.4 is 22.2 Å². The maximum absolute atomic E-state index is 8.74. The van der Waals surface area contributed by atoms with E-state index in [1.54, 1.807) is 14.1 Å². The van der Waals surface area contributed by atoms with Gasteiger partial charge >= 0.3 is 10.4 Å². The number of hydrogen-bond donors (Lipinski definition) is 7. The van der Waals surface area contributed by atoms with E-state index in [1.807, 2.05) is 0 Å². The first-order chi connectivity index (χ1) is 8.55. The van der Waals surface area contributed by atoms with Crippen molar-refractivity contribution in [2.75, 3.05) is 27.2 Å². The molecule has 0 aliphatic carbocycles. The lowest BCUT2D eigenvalue weighted by molar-refractivity contribution is -0.920. The molecular weight excluding hydrogens is 280 g/mol. The molecule has 0 aromatic carbocycles. The molecule has 9 N–H and O–H groups in total. The molecule has 1 rings (SSSR count). The van der Waals surface area contributed by atoms with Crippen molar-refractivity contribution in [1.82, 2.24) is 10.7 Å². The molecule has 0 radical (unpaired) electrons. The Morgan fingerprint density at radius 2 is 1.84 bits per heavy atom. The van der Waals surface area contributed by atoms with Gasteiger partial charge in [-0.25, -0.2) is 0 Å². The van der Waals surface area contributed by atoms with Crippen LogP contribution in [0, 0.1) is 0 Å². The highest BCUT2D eigenvalue weighted by atomic mass is 32.3. The van der Waals surface area contributed by atoms with Crippen LogP contribution in [0.3, 0.4) is 0 Å². The molecule has 19 heavy (non-hydrogen) atoms. The number of quaternary nitrogens is 1. The summed E-state index contributed by atoms with van der Waals surface area (Å²) < 4.78 is 31.6. The highest BCUT2D eigenvalue weighted by Crippen LogP contribution is 2.17. The second kappa shape index (κ2) is 6.65. The minimum atomic E-state index is -4.67. The van der Waals surface area contributed by atoms with Crippen molar-refractivity contribution in [3.8, 4) is 0 Å². The number of amidine groups is 1. The van der Waals surface area contributed by atoms with E-state index in [1.165, 1.54) is 0 Å². The van der Waals surface area contributed by atoms with E-state index >= 15 is 0 Å². The van der Waals surface area contributed by atoms with Gasteiger partial charge in [0.1, 0.15) is 7.05 Å². The van der Waals surface area contributed by atoms with Gasteiger partial charge < -0.3 is 21.9 Å². The molecule has 0 spiro atoms. The average Bonchev–Trinajstić information content (AvgIpc) is 2.47. The van der Waals surface area contributed by atoms with Crippen molar-refractivity contribution in [3.05, 3.63) is 11.5 Å². The second-order valence-corrected chi connectivity index (χ2v) is 4.42. The van der Waals surface area contributed by atoms with Crippen LogP contribution in [-0.4, -0.2) is 60.4 Å². The normalized spacial score (nSPS) is 22.7. The third-order valence-corrected chi connectivity index (χ3v) is 2.14. The van der Waals surface area contributed by atoms with Gasteiger partial charge in [0.15, 0.2) is 5.70 Å². The molecule has 0 fully saturated rings. The van der Waals surface area contributed by atoms with Gasteiger partial charge in [-0.2, -0.15) is 8.42 Å². The first kappa shape index (κ1) is 17.6. The number of nitrogens with one attached hydrogen (secondary N) is 2. The average molecular weight is 299 g/mol. The fourth-order valence-electron chi connectivity index (χ4n) is 1.20. The van der Waals surface area contributed by atoms with Crippen LogP contribution in [0.25, 0.3) is 0 Å². The van der Waals surface area contributed by atoms with E-state index < -0.39 is 10.4 Å². The van der Waals surface area contributed by atoms with Gasteiger partial charge in [-0.15, -0.1) is 5.43 Å². The van der Waals surface area contributed by atoms with Crippen molar-refractivity contribution in [1.29, 1.82) is 0 Å². The smallest absolute Gasteiger partial charge is 0.394 e. The third kappa shape index (κ3) is 5.82. The van der Waals surface area contributed by atoms with Crippen molar-refractivity contribution in [3.63, 3.8) is 0 Å². The lowest BCUT2D eigenvalue weighted by Crippen LogP contribution is -2.49. The number of nitrogens with two attached hydrogens (primary N) is 2. The van der Waals surface area contributed by atoms with Gasteiger partial charge in [-0.05, 0) is 5.10 Å². The Labute approximate surface area is 110 Å². The highest BCUT2D eigenvalue weighted by Gasteiger charge is 2.37. The fraction of sp³-hybridized carbons (Fsp3) is 0.571. The van der Waals surface area contributed by atoms with Gasteiger partial charge in [0.2, 0.25) is 5.84 Å². The number of aliphatic hydroxyl groups excluding tert-OH is 1. The van der Waals surface area contributed by atoms with Crippen molar-refractivity contribution < 1.29 is 27.3 Å². The van der Waals surface area contributed by atoms with E-state index in [0.29, 0.717) is 23.9 Å². The summed E-state index contributed by atoms with van der Waals surface area (Å²) in [5.41, 5.74) is 15.0. The monoisotopic (exact) mass is 299 g/mol. The molecule has 1 aliphatic heterocycles. The third-order valence-electron chi connectivity index (χ3n) is 2.14. The van der Waals surface area contributed by atoms with Gasteiger partial charge in [0.25, 0.3) is 5.82 Å². The van der Waals surface area contributed by atoms with Gasteiger partial charge in [0.05, 0.1) is 6.61 Å². The van der Waals surface area contributed by atoms with E-state index in [-0.39, 0.29) is 11.3 Å². The van der Waals surface area contributed by atoms with Crippen molar-refractivity contribution >= 4 is 16.2 Å².